The quantitative estimate of drug-likeness (QED) is 0.0425. The van der Waals surface area contributed by atoms with Crippen LogP contribution in [-0.4, -0.2) is 91.9 Å². The molecule has 5 atom stereocenters. The summed E-state index contributed by atoms with van der Waals surface area (Å²) in [5, 5.41) is 23.5. The van der Waals surface area contributed by atoms with Crippen molar-refractivity contribution < 1.29 is 48.1 Å². The lowest BCUT2D eigenvalue weighted by Gasteiger charge is -2.27. The van der Waals surface area contributed by atoms with Crippen LogP contribution in [0.4, 0.5) is 4.79 Å². The van der Waals surface area contributed by atoms with E-state index in [0.717, 1.165) is 16.5 Å². The Bertz CT molecular complexity index is 2640. The Labute approximate surface area is 391 Å². The minimum atomic E-state index is -1.55. The first kappa shape index (κ1) is 49.0. The van der Waals surface area contributed by atoms with E-state index in [9.17, 15) is 38.7 Å². The van der Waals surface area contributed by atoms with Gasteiger partial charge in [0.1, 0.15) is 49.2 Å². The van der Waals surface area contributed by atoms with E-state index >= 15 is 0 Å². The van der Waals surface area contributed by atoms with Gasteiger partial charge in [-0.15, -0.1) is 0 Å². The van der Waals surface area contributed by atoms with Gasteiger partial charge >= 0.3 is 12.1 Å². The number of nitrogens with zero attached hydrogens (tertiary/aromatic N) is 1. The Morgan fingerprint density at radius 1 is 0.632 bits per heavy atom. The van der Waals surface area contributed by atoms with Crippen molar-refractivity contribution in [2.24, 2.45) is 5.73 Å². The lowest BCUT2D eigenvalue weighted by Crippen LogP contribution is -2.59. The third kappa shape index (κ3) is 14.8. The van der Waals surface area contributed by atoms with Gasteiger partial charge in [-0.1, -0.05) is 91.0 Å². The molecule has 354 valence electrons. The molecule has 6 aromatic rings. The maximum atomic E-state index is 14.5. The van der Waals surface area contributed by atoms with Gasteiger partial charge in [0.2, 0.25) is 29.5 Å². The summed E-state index contributed by atoms with van der Waals surface area (Å²) in [6.07, 6.45) is 2.33. The summed E-state index contributed by atoms with van der Waals surface area (Å²) in [7, 11) is 0. The van der Waals surface area contributed by atoms with Crippen LogP contribution in [0.2, 0.25) is 0 Å². The molecule has 10 N–H and O–H groups in total. The average Bonchev–Trinajstić information content (AvgIpc) is 4.01. The summed E-state index contributed by atoms with van der Waals surface area (Å²) >= 11 is 0. The predicted molar refractivity (Wildman–Crippen MR) is 248 cm³/mol. The number of imidazole rings is 1. The van der Waals surface area contributed by atoms with Crippen molar-refractivity contribution >= 4 is 52.5 Å². The molecule has 2 aromatic heterocycles. The highest BCUT2D eigenvalue weighted by molar-refractivity contribution is 5.97. The zero-order valence-electron chi connectivity index (χ0n) is 37.1. The van der Waals surface area contributed by atoms with Crippen molar-refractivity contribution in [3.8, 4) is 5.75 Å². The number of H-pyrrole nitrogens is 2. The van der Waals surface area contributed by atoms with Gasteiger partial charge in [-0.05, 0) is 53.8 Å². The first-order valence-corrected chi connectivity index (χ1v) is 21.8. The van der Waals surface area contributed by atoms with Crippen LogP contribution in [0.15, 0.2) is 128 Å². The van der Waals surface area contributed by atoms with Crippen LogP contribution in [0.25, 0.3) is 10.9 Å². The number of rotatable bonds is 24. The SMILES string of the molecule is C[C@H](NC(=O)[C@@H](Cc1c[nH]c2ccccc12)NC(=O)[C@@H](CCC(=O)O)NC(=O)[C@@H](Cc1ccc(OCc2ccccc2)cc1)NC(=O)[C@@H](Cc1cnc[nH]1)NC(=O)OCc1ccccc1)C(N)=O. The van der Waals surface area contributed by atoms with E-state index in [1.807, 2.05) is 54.6 Å². The van der Waals surface area contributed by atoms with Gasteiger partial charge in [-0.25, -0.2) is 9.78 Å². The van der Waals surface area contributed by atoms with E-state index in [4.69, 9.17) is 15.2 Å². The summed E-state index contributed by atoms with van der Waals surface area (Å²) in [4.78, 5) is 104. The molecule has 6 amide bonds. The Morgan fingerprint density at radius 3 is 1.84 bits per heavy atom. The minimum Gasteiger partial charge on any atom is -0.489 e. The van der Waals surface area contributed by atoms with Gasteiger partial charge in [-0.3, -0.25) is 28.8 Å². The summed E-state index contributed by atoms with van der Waals surface area (Å²) in [5.41, 5.74) is 9.51. The molecule has 0 saturated heterocycles. The number of hydrogen-bond acceptors (Lipinski definition) is 10. The molecule has 19 nitrogen and oxygen atoms in total. The highest BCUT2D eigenvalue weighted by atomic mass is 16.5. The number of carboxylic acids is 1. The number of nitrogens with one attached hydrogen (secondary N) is 7. The van der Waals surface area contributed by atoms with Crippen LogP contribution in [0.1, 0.15) is 47.7 Å². The van der Waals surface area contributed by atoms with Gasteiger partial charge < -0.3 is 56.9 Å². The minimum absolute atomic E-state index is 0.0745. The summed E-state index contributed by atoms with van der Waals surface area (Å²) in [5.74, 6) is -4.94. The Hall–Kier alpha value is -8.48. The summed E-state index contributed by atoms with van der Waals surface area (Å²) < 4.78 is 11.3. The van der Waals surface area contributed by atoms with Gasteiger partial charge in [0.25, 0.3) is 0 Å². The number of aromatic nitrogens is 3. The molecule has 6 rings (SSSR count). The average molecular weight is 928 g/mol. The van der Waals surface area contributed by atoms with Crippen molar-refractivity contribution in [2.45, 2.75) is 82.5 Å². The number of alkyl carbamates (subject to hydrolysis) is 1. The predicted octanol–water partition coefficient (Wildman–Crippen LogP) is 3.10. The van der Waals surface area contributed by atoms with Crippen LogP contribution in [-0.2, 0) is 66.0 Å². The number of aromatic amines is 2. The number of benzene rings is 4. The van der Waals surface area contributed by atoms with Gasteiger partial charge in [0, 0.05) is 54.7 Å². The fourth-order valence-corrected chi connectivity index (χ4v) is 7.11. The van der Waals surface area contributed by atoms with Crippen molar-refractivity contribution in [3.05, 3.63) is 156 Å². The number of carbonyl (C=O) groups excluding carboxylic acids is 6. The fourth-order valence-electron chi connectivity index (χ4n) is 7.11. The number of nitrogens with two attached hydrogens (primary N) is 1. The fraction of sp³-hybridized carbons (Fsp3) is 0.265. The summed E-state index contributed by atoms with van der Waals surface area (Å²) in [6.45, 7) is 1.59. The normalized spacial score (nSPS) is 13.1. The Kier molecular flexibility index (Phi) is 17.4. The molecule has 0 spiro atoms. The molecule has 0 radical (unpaired) electrons. The Balaban J connectivity index is 1.25. The first-order valence-electron chi connectivity index (χ1n) is 21.8. The second-order valence-electron chi connectivity index (χ2n) is 16.0. The largest absolute Gasteiger partial charge is 0.489 e. The van der Waals surface area contributed by atoms with Crippen LogP contribution in [0.3, 0.4) is 0 Å². The molecule has 0 saturated carbocycles. The maximum Gasteiger partial charge on any atom is 0.408 e. The molecule has 0 unspecified atom stereocenters. The molecule has 0 aliphatic rings. The zero-order chi connectivity index (χ0) is 48.4. The smallest absolute Gasteiger partial charge is 0.408 e. The molecule has 68 heavy (non-hydrogen) atoms. The van der Waals surface area contributed by atoms with Crippen molar-refractivity contribution in [3.63, 3.8) is 0 Å². The molecule has 2 heterocycles. The molecule has 19 heteroatoms. The topological polar surface area (TPSA) is 289 Å². The number of hydrogen-bond donors (Lipinski definition) is 9. The number of aliphatic carboxylic acids is 1. The summed E-state index contributed by atoms with van der Waals surface area (Å²) in [6, 6.07) is 25.8. The molecule has 0 fully saturated rings. The number of primary amides is 1. The molecule has 0 aliphatic heterocycles. The molecule has 4 aromatic carbocycles. The number of carbonyl (C=O) groups is 7. The molecular weight excluding hydrogens is 875 g/mol. The van der Waals surface area contributed by atoms with Gasteiger partial charge in [0.05, 0.1) is 6.33 Å². The van der Waals surface area contributed by atoms with Crippen molar-refractivity contribution in [1.29, 1.82) is 0 Å². The van der Waals surface area contributed by atoms with E-state index in [0.29, 0.717) is 34.7 Å². The van der Waals surface area contributed by atoms with E-state index in [1.165, 1.54) is 19.4 Å². The van der Waals surface area contributed by atoms with Crippen LogP contribution < -0.4 is 37.1 Å². The highest BCUT2D eigenvalue weighted by Crippen LogP contribution is 2.20. The highest BCUT2D eigenvalue weighted by Gasteiger charge is 2.33. The number of amides is 6. The zero-order valence-corrected chi connectivity index (χ0v) is 37.1. The van der Waals surface area contributed by atoms with E-state index < -0.39 is 84.6 Å². The molecular formula is C49H53N9O10. The second kappa shape index (κ2) is 24.2. The van der Waals surface area contributed by atoms with Crippen LogP contribution in [0.5, 0.6) is 5.75 Å². The lowest BCUT2D eigenvalue weighted by atomic mass is 10.0. The number of para-hydroxylation sites is 1. The number of carboxylic acid groups (broad SMARTS) is 1. The monoisotopic (exact) mass is 927 g/mol. The van der Waals surface area contributed by atoms with Crippen molar-refractivity contribution in [2.75, 3.05) is 0 Å². The number of fused-ring (bicyclic) bond motifs is 1. The molecule has 0 aliphatic carbocycles. The van der Waals surface area contributed by atoms with Gasteiger partial charge in [0.15, 0.2) is 0 Å². The maximum absolute atomic E-state index is 14.5. The van der Waals surface area contributed by atoms with Crippen LogP contribution >= 0.6 is 0 Å². The third-order valence-corrected chi connectivity index (χ3v) is 10.8. The van der Waals surface area contributed by atoms with Gasteiger partial charge in [-0.2, -0.15) is 0 Å². The number of ether oxygens (including phenoxy) is 2. The Morgan fingerprint density at radius 2 is 1.21 bits per heavy atom. The lowest BCUT2D eigenvalue weighted by molar-refractivity contribution is -0.138. The van der Waals surface area contributed by atoms with Crippen LogP contribution in [0, 0.1) is 0 Å². The van der Waals surface area contributed by atoms with E-state index in [-0.39, 0.29) is 25.9 Å². The second-order valence-corrected chi connectivity index (χ2v) is 16.0. The third-order valence-electron chi connectivity index (χ3n) is 10.8. The van der Waals surface area contributed by atoms with E-state index in [2.05, 4.69) is 41.5 Å². The standard InChI is InChI=1S/C49H53N9O10/c1-30(44(50)61)54-46(63)41(23-34-25-52-38-15-9-8-14-37(34)38)57-45(62)39(20-21-43(59)60)55-47(64)40(22-31-16-18-36(19-17-31)67-27-32-10-4-2-5-11-32)56-48(65)42(24-35-26-51-29-53-35)58-49(66)68-28-33-12-6-3-7-13-33/h2-19,25-26,29-30,39-42,52H,20-24,27-28H2,1H3,(H2,50,61)(H,51,53)(H,54,63)(H,55,64)(H,56,65)(H,57,62)(H,58,66)(H,59,60)/t30-,39+,40+,41+,42+/m0/s1. The molecule has 0 bridgehead atoms. The first-order chi connectivity index (χ1) is 32.8. The van der Waals surface area contributed by atoms with Crippen molar-refractivity contribution in [1.82, 2.24) is 41.5 Å². The van der Waals surface area contributed by atoms with E-state index in [1.54, 1.807) is 60.8 Å².